The molecule has 4 rings (SSSR count). The highest BCUT2D eigenvalue weighted by molar-refractivity contribution is 7.92. The van der Waals surface area contributed by atoms with Crippen molar-refractivity contribution in [2.45, 2.75) is 4.90 Å². The van der Waals surface area contributed by atoms with Gasteiger partial charge >= 0.3 is 0 Å². The van der Waals surface area contributed by atoms with Gasteiger partial charge in [0.2, 0.25) is 0 Å². The van der Waals surface area contributed by atoms with Crippen molar-refractivity contribution in [3.8, 4) is 0 Å². The van der Waals surface area contributed by atoms with Gasteiger partial charge in [0.15, 0.2) is 0 Å². The van der Waals surface area contributed by atoms with E-state index in [0.29, 0.717) is 42.6 Å². The molecular formula is C25H23Cl2N5O6S. The largest absolute Gasteiger partial charge is 0.378 e. The Morgan fingerprint density at radius 3 is 2.49 bits per heavy atom. The number of hydrogen-bond donors (Lipinski definition) is 1. The number of hydrogen-bond acceptors (Lipinski definition) is 8. The Balaban J connectivity index is 1.59. The van der Waals surface area contributed by atoms with Crippen LogP contribution in [0.4, 0.5) is 17.1 Å². The van der Waals surface area contributed by atoms with Gasteiger partial charge in [0.25, 0.3) is 21.6 Å². The maximum Gasteiger partial charge on any atom is 0.270 e. The van der Waals surface area contributed by atoms with E-state index in [4.69, 9.17) is 27.9 Å². The van der Waals surface area contributed by atoms with E-state index < -0.39 is 27.4 Å². The van der Waals surface area contributed by atoms with E-state index in [1.54, 1.807) is 24.3 Å². The summed E-state index contributed by atoms with van der Waals surface area (Å²) in [6, 6.07) is 16.2. The molecule has 0 saturated carbocycles. The predicted molar refractivity (Wildman–Crippen MR) is 149 cm³/mol. The summed E-state index contributed by atoms with van der Waals surface area (Å²) in [4.78, 5) is 25.6. The minimum atomic E-state index is -4.20. The monoisotopic (exact) mass is 591 g/mol. The Kier molecular flexibility index (Phi) is 9.02. The average molecular weight is 592 g/mol. The van der Waals surface area contributed by atoms with E-state index >= 15 is 0 Å². The molecule has 14 heteroatoms. The Bertz CT molecular complexity index is 1500. The maximum atomic E-state index is 13.5. The molecule has 0 aromatic heterocycles. The van der Waals surface area contributed by atoms with Crippen molar-refractivity contribution in [1.29, 1.82) is 0 Å². The number of benzene rings is 3. The Hall–Kier alpha value is -3.71. The minimum Gasteiger partial charge on any atom is -0.378 e. The van der Waals surface area contributed by atoms with Gasteiger partial charge in [-0.25, -0.2) is 13.8 Å². The number of carbonyl (C=O) groups is 1. The number of nitrogens with one attached hydrogen (secondary N) is 1. The number of nitro benzene ring substituents is 1. The van der Waals surface area contributed by atoms with E-state index in [-0.39, 0.29) is 21.3 Å². The second-order valence-corrected chi connectivity index (χ2v) is 11.0. The number of hydrazone groups is 1. The number of amides is 1. The lowest BCUT2D eigenvalue weighted by Crippen LogP contribution is -2.39. The van der Waals surface area contributed by atoms with Crippen molar-refractivity contribution in [2.24, 2.45) is 5.10 Å². The summed E-state index contributed by atoms with van der Waals surface area (Å²) in [7, 11) is -4.20. The topological polar surface area (TPSA) is 134 Å². The molecule has 11 nitrogen and oxygen atoms in total. The molecule has 0 unspecified atom stereocenters. The standard InChI is InChI=1S/C25H23Cl2N5O6S/c26-19-6-8-24(22(27)15-19)31(39(36,37)21-4-2-1-3-5-21)17-25(33)29-28-16-18-14-20(32(34)35)7-9-23(18)30-10-12-38-13-11-30/h1-9,14-16H,10-13,17H2,(H,29,33). The zero-order valence-electron chi connectivity index (χ0n) is 20.4. The van der Waals surface area contributed by atoms with Crippen LogP contribution in [-0.2, 0) is 19.6 Å². The van der Waals surface area contributed by atoms with E-state index in [9.17, 15) is 23.3 Å². The highest BCUT2D eigenvalue weighted by atomic mass is 35.5. The average Bonchev–Trinajstić information content (AvgIpc) is 2.93. The lowest BCUT2D eigenvalue weighted by molar-refractivity contribution is -0.384. The number of non-ortho nitro benzene ring substituents is 1. The number of carbonyl (C=O) groups excluding carboxylic acids is 1. The molecule has 1 N–H and O–H groups in total. The summed E-state index contributed by atoms with van der Waals surface area (Å²) in [5, 5.41) is 15.6. The number of anilines is 2. The van der Waals surface area contributed by atoms with Gasteiger partial charge in [-0.2, -0.15) is 5.10 Å². The molecule has 3 aromatic carbocycles. The van der Waals surface area contributed by atoms with Crippen LogP contribution in [0.25, 0.3) is 0 Å². The van der Waals surface area contributed by atoms with Crippen LogP contribution in [0.15, 0.2) is 76.7 Å². The first-order valence-electron chi connectivity index (χ1n) is 11.6. The normalized spacial score (nSPS) is 13.8. The van der Waals surface area contributed by atoms with E-state index in [2.05, 4.69) is 10.5 Å². The first-order valence-corrected chi connectivity index (χ1v) is 13.8. The molecule has 1 aliphatic heterocycles. The summed E-state index contributed by atoms with van der Waals surface area (Å²) in [5.74, 6) is -0.768. The number of nitrogens with zero attached hydrogens (tertiary/aromatic N) is 4. The van der Waals surface area contributed by atoms with Gasteiger partial charge in [0.05, 0.1) is 40.0 Å². The number of ether oxygens (including phenoxy) is 1. The summed E-state index contributed by atoms with van der Waals surface area (Å²) in [5.41, 5.74) is 3.31. The maximum absolute atomic E-state index is 13.5. The first-order chi connectivity index (χ1) is 18.7. The van der Waals surface area contributed by atoms with Crippen LogP contribution in [0.2, 0.25) is 10.0 Å². The fourth-order valence-corrected chi connectivity index (χ4v) is 5.92. The van der Waals surface area contributed by atoms with Crippen LogP contribution < -0.4 is 14.6 Å². The molecule has 0 spiro atoms. The molecule has 1 amide bonds. The molecule has 0 radical (unpaired) electrons. The molecule has 1 fully saturated rings. The van der Waals surface area contributed by atoms with Crippen LogP contribution >= 0.6 is 23.2 Å². The third kappa shape index (κ3) is 6.84. The van der Waals surface area contributed by atoms with Crippen molar-refractivity contribution in [3.63, 3.8) is 0 Å². The first kappa shape index (κ1) is 28.3. The summed E-state index contributed by atoms with van der Waals surface area (Å²) in [6.45, 7) is 1.52. The summed E-state index contributed by atoms with van der Waals surface area (Å²) >= 11 is 12.3. The number of halogens is 2. The molecular weight excluding hydrogens is 569 g/mol. The predicted octanol–water partition coefficient (Wildman–Crippen LogP) is 4.08. The van der Waals surface area contributed by atoms with E-state index in [0.717, 1.165) is 4.31 Å². The van der Waals surface area contributed by atoms with Crippen molar-refractivity contribution in [1.82, 2.24) is 5.43 Å². The smallest absolute Gasteiger partial charge is 0.270 e. The highest BCUT2D eigenvalue weighted by Crippen LogP contribution is 2.32. The van der Waals surface area contributed by atoms with E-state index in [1.165, 1.54) is 48.7 Å². The number of nitro groups is 1. The molecule has 39 heavy (non-hydrogen) atoms. The third-order valence-electron chi connectivity index (χ3n) is 5.76. The van der Waals surface area contributed by atoms with Crippen LogP contribution in [-0.4, -0.2) is 58.3 Å². The zero-order valence-corrected chi connectivity index (χ0v) is 22.7. The van der Waals surface area contributed by atoms with E-state index in [1.807, 2.05) is 4.90 Å². The fraction of sp³-hybridized carbons (Fsp3) is 0.200. The molecule has 0 atom stereocenters. The van der Waals surface area contributed by atoms with Crippen LogP contribution in [0.5, 0.6) is 0 Å². The third-order valence-corrected chi connectivity index (χ3v) is 8.08. The molecule has 3 aromatic rings. The molecule has 1 heterocycles. The molecule has 1 aliphatic rings. The van der Waals surface area contributed by atoms with Crippen LogP contribution in [0, 0.1) is 10.1 Å². The Morgan fingerprint density at radius 1 is 1.10 bits per heavy atom. The van der Waals surface area contributed by atoms with Crippen molar-refractivity contribution >= 4 is 62.4 Å². The number of rotatable bonds is 9. The van der Waals surface area contributed by atoms with Gasteiger partial charge < -0.3 is 9.64 Å². The second-order valence-electron chi connectivity index (χ2n) is 8.31. The van der Waals surface area contributed by atoms with Crippen molar-refractivity contribution in [3.05, 3.63) is 92.5 Å². The fourth-order valence-electron chi connectivity index (χ4n) is 3.89. The quantitative estimate of drug-likeness (QED) is 0.225. The van der Waals surface area contributed by atoms with Gasteiger partial charge in [-0.1, -0.05) is 41.4 Å². The van der Waals surface area contributed by atoms with Gasteiger partial charge in [-0.05, 0) is 36.4 Å². The second kappa shape index (κ2) is 12.4. The number of morpholine rings is 1. The molecule has 204 valence electrons. The van der Waals surface area contributed by atoms with Crippen LogP contribution in [0.1, 0.15) is 5.56 Å². The van der Waals surface area contributed by atoms with Gasteiger partial charge in [0, 0.05) is 41.5 Å². The highest BCUT2D eigenvalue weighted by Gasteiger charge is 2.29. The van der Waals surface area contributed by atoms with Crippen molar-refractivity contribution < 1.29 is 22.9 Å². The van der Waals surface area contributed by atoms with Gasteiger partial charge in [0.1, 0.15) is 6.54 Å². The Morgan fingerprint density at radius 2 is 1.82 bits per heavy atom. The van der Waals surface area contributed by atoms with Gasteiger partial charge in [-0.3, -0.25) is 19.2 Å². The lowest BCUT2D eigenvalue weighted by Gasteiger charge is -2.29. The zero-order chi connectivity index (χ0) is 28.0. The van der Waals surface area contributed by atoms with Crippen LogP contribution in [0.3, 0.4) is 0 Å². The number of sulfonamides is 1. The van der Waals surface area contributed by atoms with Gasteiger partial charge in [-0.15, -0.1) is 0 Å². The molecule has 0 bridgehead atoms. The summed E-state index contributed by atoms with van der Waals surface area (Å²) in [6.07, 6.45) is 1.28. The molecule has 0 aliphatic carbocycles. The summed E-state index contributed by atoms with van der Waals surface area (Å²) < 4.78 is 33.1. The lowest BCUT2D eigenvalue weighted by atomic mass is 10.1. The molecule has 1 saturated heterocycles. The van der Waals surface area contributed by atoms with Crippen molar-refractivity contribution in [2.75, 3.05) is 42.1 Å². The Labute approximate surface area is 234 Å². The SMILES string of the molecule is O=C(CN(c1ccc(Cl)cc1Cl)S(=O)(=O)c1ccccc1)NN=Cc1cc([N+](=O)[O-])ccc1N1CCOCC1. The minimum absolute atomic E-state index is 0.0325.